The Labute approximate surface area is 152 Å². The Bertz CT molecular complexity index is 992. The molecule has 2 heterocycles. The van der Waals surface area contributed by atoms with Gasteiger partial charge >= 0.3 is 0 Å². The molecule has 0 unspecified atom stereocenters. The molecule has 1 aromatic carbocycles. The van der Waals surface area contributed by atoms with Gasteiger partial charge in [0, 0.05) is 11.9 Å². The van der Waals surface area contributed by atoms with Crippen molar-refractivity contribution in [2.45, 2.75) is 32.3 Å². The maximum atomic E-state index is 12.5. The number of benzene rings is 1. The van der Waals surface area contributed by atoms with Crippen molar-refractivity contribution in [3.05, 3.63) is 65.3 Å². The second-order valence-electron chi connectivity index (χ2n) is 5.85. The number of nitrogens with zero attached hydrogens (tertiary/aromatic N) is 2. The number of anilines is 1. The van der Waals surface area contributed by atoms with Gasteiger partial charge in [-0.15, -0.1) is 0 Å². The zero-order valence-electron chi connectivity index (χ0n) is 14.7. The molecule has 0 aliphatic carbocycles. The average molecular weight is 373 g/mol. The average Bonchev–Trinajstić information content (AvgIpc) is 2.91. The van der Waals surface area contributed by atoms with E-state index in [0.29, 0.717) is 23.8 Å². The molecule has 0 spiro atoms. The molecule has 0 fully saturated rings. The van der Waals surface area contributed by atoms with Gasteiger partial charge in [-0.05, 0) is 57.2 Å². The normalized spacial score (nSPS) is 11.3. The van der Waals surface area contributed by atoms with Crippen LogP contribution in [-0.4, -0.2) is 18.6 Å². The second-order valence-corrected chi connectivity index (χ2v) is 7.54. The highest BCUT2D eigenvalue weighted by molar-refractivity contribution is 7.92. The molecule has 0 radical (unpaired) electrons. The Hall–Kier alpha value is -2.87. The second kappa shape index (κ2) is 7.17. The summed E-state index contributed by atoms with van der Waals surface area (Å²) < 4.78 is 38.2. The lowest BCUT2D eigenvalue weighted by molar-refractivity contribution is 0.301. The smallest absolute Gasteiger partial charge is 0.261 e. The third kappa shape index (κ3) is 4.02. The lowest BCUT2D eigenvalue weighted by Crippen LogP contribution is -2.13. The molecule has 1 N–H and O–H groups in total. The first-order valence-electron chi connectivity index (χ1n) is 7.95. The summed E-state index contributed by atoms with van der Waals surface area (Å²) in [5.41, 5.74) is 2.86. The first-order chi connectivity index (χ1) is 12.3. The van der Waals surface area contributed by atoms with E-state index in [2.05, 4.69) is 14.9 Å². The van der Waals surface area contributed by atoms with Crippen LogP contribution in [0.3, 0.4) is 0 Å². The summed E-state index contributed by atoms with van der Waals surface area (Å²) in [5, 5.41) is 3.87. The molecule has 8 heteroatoms. The van der Waals surface area contributed by atoms with E-state index in [4.69, 9.17) is 9.26 Å². The summed E-state index contributed by atoms with van der Waals surface area (Å²) in [4.78, 5) is 4.20. The molecule has 0 amide bonds. The molecule has 7 nitrogen and oxygen atoms in total. The zero-order chi connectivity index (χ0) is 18.7. The Kier molecular flexibility index (Phi) is 4.94. The van der Waals surface area contributed by atoms with Crippen molar-refractivity contribution in [1.82, 2.24) is 10.1 Å². The Morgan fingerprint density at radius 3 is 2.46 bits per heavy atom. The lowest BCUT2D eigenvalue weighted by atomic mass is 10.2. The minimum absolute atomic E-state index is 0.150. The fourth-order valence-corrected chi connectivity index (χ4v) is 3.45. The molecule has 0 saturated heterocycles. The van der Waals surface area contributed by atoms with E-state index in [-0.39, 0.29) is 4.90 Å². The van der Waals surface area contributed by atoms with Gasteiger partial charge in [0.25, 0.3) is 10.0 Å². The van der Waals surface area contributed by atoms with Crippen molar-refractivity contribution in [2.75, 3.05) is 4.72 Å². The van der Waals surface area contributed by atoms with Gasteiger partial charge in [-0.2, -0.15) is 0 Å². The number of nitrogens with one attached hydrogen (secondary N) is 1. The number of hydrogen-bond acceptors (Lipinski definition) is 6. The van der Waals surface area contributed by atoms with Gasteiger partial charge in [0.1, 0.15) is 18.1 Å². The quantitative estimate of drug-likeness (QED) is 0.712. The predicted octanol–water partition coefficient (Wildman–Crippen LogP) is 3.37. The van der Waals surface area contributed by atoms with Gasteiger partial charge in [0.05, 0.1) is 21.8 Å². The third-order valence-electron chi connectivity index (χ3n) is 3.85. The highest BCUT2D eigenvalue weighted by atomic mass is 32.2. The number of ether oxygens (including phenoxy) is 1. The number of hydrogen-bond donors (Lipinski definition) is 1. The molecule has 3 aromatic rings. The van der Waals surface area contributed by atoms with Gasteiger partial charge in [-0.3, -0.25) is 9.71 Å². The molecule has 136 valence electrons. The molecule has 0 saturated carbocycles. The number of aromatic nitrogens is 2. The largest absolute Gasteiger partial charge is 0.489 e. The molecule has 3 rings (SSSR count). The highest BCUT2D eigenvalue weighted by Gasteiger charge is 2.15. The number of pyridine rings is 1. The fraction of sp³-hybridized carbons (Fsp3) is 0.222. The van der Waals surface area contributed by atoms with Crippen LogP contribution < -0.4 is 9.46 Å². The van der Waals surface area contributed by atoms with Crippen LogP contribution in [0, 0.1) is 20.8 Å². The van der Waals surface area contributed by atoms with E-state index in [1.54, 1.807) is 37.4 Å². The van der Waals surface area contributed by atoms with E-state index >= 15 is 0 Å². The van der Waals surface area contributed by atoms with Crippen molar-refractivity contribution in [3.63, 3.8) is 0 Å². The van der Waals surface area contributed by atoms with Crippen LogP contribution in [0.25, 0.3) is 0 Å². The molecule has 0 aliphatic rings. The number of rotatable bonds is 6. The van der Waals surface area contributed by atoms with Crippen LogP contribution in [0.1, 0.15) is 22.7 Å². The molecular formula is C18H19N3O4S. The fourth-order valence-electron chi connectivity index (χ4n) is 2.40. The first-order valence-corrected chi connectivity index (χ1v) is 9.43. The molecular weight excluding hydrogens is 354 g/mol. The third-order valence-corrected chi connectivity index (χ3v) is 5.24. The van der Waals surface area contributed by atoms with E-state index in [1.807, 2.05) is 13.8 Å². The van der Waals surface area contributed by atoms with Gasteiger partial charge in [0.2, 0.25) is 0 Å². The van der Waals surface area contributed by atoms with Gasteiger partial charge < -0.3 is 9.26 Å². The summed E-state index contributed by atoms with van der Waals surface area (Å²) in [5.74, 6) is 1.27. The molecule has 2 aromatic heterocycles. The number of sulfonamides is 1. The SMILES string of the molecule is Cc1cc(NS(=O)(=O)c2ccc(OCc3c(C)noc3C)cc2)ccn1. The summed E-state index contributed by atoms with van der Waals surface area (Å²) in [6, 6.07) is 9.50. The first kappa shape index (κ1) is 17.9. The van der Waals surface area contributed by atoms with Crippen molar-refractivity contribution < 1.29 is 17.7 Å². The van der Waals surface area contributed by atoms with Crippen molar-refractivity contribution in [3.8, 4) is 5.75 Å². The summed E-state index contributed by atoms with van der Waals surface area (Å²) in [7, 11) is -3.68. The topological polar surface area (TPSA) is 94.3 Å². The van der Waals surface area contributed by atoms with Crippen LogP contribution >= 0.6 is 0 Å². The Balaban J connectivity index is 1.70. The highest BCUT2D eigenvalue weighted by Crippen LogP contribution is 2.21. The standard InChI is InChI=1S/C18H19N3O4S/c1-12-10-15(8-9-19-12)21-26(22,23)17-6-4-16(5-7-17)24-11-18-13(2)20-25-14(18)3/h4-10H,11H2,1-3H3,(H,19,21). The molecule has 0 atom stereocenters. The van der Waals surface area contributed by atoms with Crippen LogP contribution in [0.2, 0.25) is 0 Å². The molecule has 26 heavy (non-hydrogen) atoms. The van der Waals surface area contributed by atoms with E-state index < -0.39 is 10.0 Å². The monoisotopic (exact) mass is 373 g/mol. The zero-order valence-corrected chi connectivity index (χ0v) is 15.5. The van der Waals surface area contributed by atoms with Crippen LogP contribution in [-0.2, 0) is 16.6 Å². The summed E-state index contributed by atoms with van der Waals surface area (Å²) in [6.45, 7) is 5.77. The predicted molar refractivity (Wildman–Crippen MR) is 96.5 cm³/mol. The van der Waals surface area contributed by atoms with Crippen molar-refractivity contribution >= 4 is 15.7 Å². The van der Waals surface area contributed by atoms with E-state index in [1.165, 1.54) is 12.1 Å². The van der Waals surface area contributed by atoms with Crippen LogP contribution in [0.5, 0.6) is 5.75 Å². The minimum Gasteiger partial charge on any atom is -0.489 e. The minimum atomic E-state index is -3.68. The maximum absolute atomic E-state index is 12.5. The number of aryl methyl sites for hydroxylation is 3. The van der Waals surface area contributed by atoms with Crippen LogP contribution in [0.15, 0.2) is 52.0 Å². The van der Waals surface area contributed by atoms with Gasteiger partial charge in [-0.25, -0.2) is 8.42 Å². The Morgan fingerprint density at radius 2 is 1.85 bits per heavy atom. The molecule has 0 aliphatic heterocycles. The van der Waals surface area contributed by atoms with Crippen molar-refractivity contribution in [2.24, 2.45) is 0 Å². The summed E-state index contributed by atoms with van der Waals surface area (Å²) >= 11 is 0. The van der Waals surface area contributed by atoms with Gasteiger partial charge in [-0.1, -0.05) is 5.16 Å². The Morgan fingerprint density at radius 1 is 1.12 bits per heavy atom. The van der Waals surface area contributed by atoms with Crippen molar-refractivity contribution in [1.29, 1.82) is 0 Å². The van der Waals surface area contributed by atoms with E-state index in [0.717, 1.165) is 17.0 Å². The lowest BCUT2D eigenvalue weighted by Gasteiger charge is -2.10. The van der Waals surface area contributed by atoms with E-state index in [9.17, 15) is 8.42 Å². The molecule has 0 bridgehead atoms. The summed E-state index contributed by atoms with van der Waals surface area (Å²) in [6.07, 6.45) is 1.55. The van der Waals surface area contributed by atoms with Gasteiger partial charge in [0.15, 0.2) is 0 Å². The van der Waals surface area contributed by atoms with Crippen LogP contribution in [0.4, 0.5) is 5.69 Å². The maximum Gasteiger partial charge on any atom is 0.261 e.